The number of unbranched alkanes of at least 4 members (excludes halogenated alkanes) is 20. The fraction of sp³-hybridized carbons (Fsp3) is 0.795. The quantitative estimate of drug-likeness (QED) is 0.0234. The summed E-state index contributed by atoms with van der Waals surface area (Å²) >= 11 is 0. The second-order valence-electron chi connectivity index (χ2n) is 14.7. The largest absolute Gasteiger partial charge is 0.472 e. The van der Waals surface area contributed by atoms with Crippen molar-refractivity contribution in [3.05, 3.63) is 48.6 Å². The van der Waals surface area contributed by atoms with Crippen molar-refractivity contribution < 1.29 is 33.5 Å². The maximum absolute atomic E-state index is 12.8. The van der Waals surface area contributed by atoms with Gasteiger partial charge in [-0.3, -0.25) is 13.8 Å². The van der Waals surface area contributed by atoms with Gasteiger partial charge in [-0.2, -0.15) is 0 Å². The highest BCUT2D eigenvalue weighted by molar-refractivity contribution is 7.47. The SMILES string of the molecule is CCCCC/C=C/CC/C=C/CC/C=C/C(O)C(COP(=O)(O)OCCN)NC(=O)CC(O)CCCCCCC/C=C\CCCCCCCCCCCC. The molecule has 0 aromatic rings. The van der Waals surface area contributed by atoms with E-state index in [0.29, 0.717) is 12.8 Å². The van der Waals surface area contributed by atoms with Gasteiger partial charge in [0.1, 0.15) is 0 Å². The van der Waals surface area contributed by atoms with Crippen molar-refractivity contribution in [2.24, 2.45) is 5.73 Å². The summed E-state index contributed by atoms with van der Waals surface area (Å²) in [4.78, 5) is 22.7. The zero-order valence-electron chi connectivity index (χ0n) is 34.6. The van der Waals surface area contributed by atoms with E-state index in [9.17, 15) is 24.5 Å². The summed E-state index contributed by atoms with van der Waals surface area (Å²) in [5.74, 6) is -0.467. The minimum absolute atomic E-state index is 0.0401. The van der Waals surface area contributed by atoms with Crippen molar-refractivity contribution in [2.45, 2.75) is 205 Å². The number of nitrogens with two attached hydrogens (primary N) is 1. The summed E-state index contributed by atoms with van der Waals surface area (Å²) in [7, 11) is -4.41. The van der Waals surface area contributed by atoms with Crippen molar-refractivity contribution in [1.29, 1.82) is 0 Å². The normalized spacial score (nSPS) is 15.1. The predicted octanol–water partition coefficient (Wildman–Crippen LogP) is 11.1. The van der Waals surface area contributed by atoms with E-state index in [1.165, 1.54) is 96.3 Å². The molecule has 0 radical (unpaired) electrons. The molecule has 9 nitrogen and oxygen atoms in total. The molecule has 0 heterocycles. The Hall–Kier alpha value is -1.58. The van der Waals surface area contributed by atoms with Crippen LogP contribution in [0.3, 0.4) is 0 Å². The maximum Gasteiger partial charge on any atom is 0.472 e. The highest BCUT2D eigenvalue weighted by atomic mass is 31.2. The first-order valence-corrected chi connectivity index (χ1v) is 23.3. The van der Waals surface area contributed by atoms with Crippen LogP contribution in [-0.4, -0.2) is 59.0 Å². The zero-order valence-corrected chi connectivity index (χ0v) is 35.5. The molecule has 0 fully saturated rings. The molecule has 0 rings (SSSR count). The fourth-order valence-corrected chi connectivity index (χ4v) is 6.84. The van der Waals surface area contributed by atoms with E-state index in [2.05, 4.69) is 55.6 Å². The van der Waals surface area contributed by atoms with Crippen LogP contribution in [0.1, 0.15) is 187 Å². The van der Waals surface area contributed by atoms with Crippen LogP contribution >= 0.6 is 7.82 Å². The lowest BCUT2D eigenvalue weighted by molar-refractivity contribution is -0.124. The molecule has 0 aromatic carbocycles. The van der Waals surface area contributed by atoms with Gasteiger partial charge in [0, 0.05) is 6.54 Å². The minimum atomic E-state index is -4.41. The Balaban J connectivity index is 4.34. The molecule has 10 heteroatoms. The van der Waals surface area contributed by atoms with Gasteiger partial charge in [0.25, 0.3) is 0 Å². The van der Waals surface area contributed by atoms with Gasteiger partial charge in [0.2, 0.25) is 5.91 Å². The molecule has 0 aliphatic carbocycles. The van der Waals surface area contributed by atoms with Crippen LogP contribution in [-0.2, 0) is 18.4 Å². The Morgan fingerprint density at radius 1 is 0.630 bits per heavy atom. The topological polar surface area (TPSA) is 151 Å². The molecule has 0 aromatic heterocycles. The lowest BCUT2D eigenvalue weighted by atomic mass is 10.0. The maximum atomic E-state index is 12.8. The molecule has 0 spiro atoms. The smallest absolute Gasteiger partial charge is 0.393 e. The standard InChI is InChI=1S/C44H83N2O7P/c1-3-5-7-9-11-13-15-17-18-19-20-21-22-24-25-27-29-31-33-35-41(47)39-44(49)46-42(40-53-54(50,51)52-38-37-45)43(48)36-34-32-30-28-26-23-16-14-12-10-8-6-4-2/h12,14,21-22,26,28,34,36,41-43,47-48H,3-11,13,15-20,23-25,27,29-33,35,37-40,45H2,1-2H3,(H,46,49)(H,50,51)/b14-12+,22-21-,28-26+,36-34+. The third-order valence-corrected chi connectivity index (χ3v) is 10.4. The second-order valence-corrected chi connectivity index (χ2v) is 16.2. The number of rotatable bonds is 40. The van der Waals surface area contributed by atoms with Crippen LogP contribution in [0.15, 0.2) is 48.6 Å². The molecule has 0 bridgehead atoms. The van der Waals surface area contributed by atoms with E-state index < -0.39 is 38.6 Å². The highest BCUT2D eigenvalue weighted by Crippen LogP contribution is 2.43. The lowest BCUT2D eigenvalue weighted by Gasteiger charge is -2.24. The first-order chi connectivity index (χ1) is 26.3. The van der Waals surface area contributed by atoms with Crippen LogP contribution in [0, 0.1) is 0 Å². The molecule has 0 saturated heterocycles. The van der Waals surface area contributed by atoms with E-state index in [1.807, 2.05) is 6.08 Å². The van der Waals surface area contributed by atoms with Crippen LogP contribution < -0.4 is 11.1 Å². The monoisotopic (exact) mass is 783 g/mol. The van der Waals surface area contributed by atoms with E-state index in [1.54, 1.807) is 6.08 Å². The number of allylic oxidation sites excluding steroid dienone is 7. The summed E-state index contributed by atoms with van der Waals surface area (Å²) in [5.41, 5.74) is 5.35. The van der Waals surface area contributed by atoms with Crippen molar-refractivity contribution in [1.82, 2.24) is 5.32 Å². The van der Waals surface area contributed by atoms with Gasteiger partial charge in [-0.15, -0.1) is 0 Å². The van der Waals surface area contributed by atoms with Gasteiger partial charge in [-0.1, -0.05) is 159 Å². The number of phosphoric ester groups is 1. The molecule has 6 N–H and O–H groups in total. The Bertz CT molecular complexity index is 1000. The number of nitrogens with one attached hydrogen (secondary N) is 1. The molecule has 0 saturated carbocycles. The highest BCUT2D eigenvalue weighted by Gasteiger charge is 2.27. The van der Waals surface area contributed by atoms with E-state index in [4.69, 9.17) is 14.8 Å². The van der Waals surface area contributed by atoms with Crippen LogP contribution in [0.5, 0.6) is 0 Å². The third-order valence-electron chi connectivity index (χ3n) is 9.41. The first-order valence-electron chi connectivity index (χ1n) is 21.8. The number of phosphoric acid groups is 1. The number of carbonyl (C=O) groups is 1. The van der Waals surface area contributed by atoms with E-state index in [-0.39, 0.29) is 19.6 Å². The van der Waals surface area contributed by atoms with Gasteiger partial charge < -0.3 is 26.2 Å². The number of carbonyl (C=O) groups excluding carboxylic acids is 1. The summed E-state index contributed by atoms with van der Waals surface area (Å²) in [5, 5.41) is 24.0. The lowest BCUT2D eigenvalue weighted by Crippen LogP contribution is -2.46. The zero-order chi connectivity index (χ0) is 39.8. The van der Waals surface area contributed by atoms with Crippen LogP contribution in [0.25, 0.3) is 0 Å². The molecule has 4 atom stereocenters. The van der Waals surface area contributed by atoms with Crippen molar-refractivity contribution in [2.75, 3.05) is 19.8 Å². The van der Waals surface area contributed by atoms with Crippen LogP contribution in [0.2, 0.25) is 0 Å². The predicted molar refractivity (Wildman–Crippen MR) is 227 cm³/mol. The number of hydrogen-bond donors (Lipinski definition) is 5. The van der Waals surface area contributed by atoms with Gasteiger partial charge in [0.15, 0.2) is 0 Å². The number of aliphatic hydroxyl groups excluding tert-OH is 2. The Kier molecular flexibility index (Phi) is 38.5. The van der Waals surface area contributed by atoms with Crippen molar-refractivity contribution in [3.8, 4) is 0 Å². The Morgan fingerprint density at radius 3 is 1.57 bits per heavy atom. The first kappa shape index (κ1) is 52.4. The van der Waals surface area contributed by atoms with Gasteiger partial charge in [-0.05, 0) is 70.6 Å². The summed E-state index contributed by atoms with van der Waals surface area (Å²) in [6.45, 7) is 3.90. The Morgan fingerprint density at radius 2 is 1.06 bits per heavy atom. The van der Waals surface area contributed by atoms with E-state index in [0.717, 1.165) is 57.8 Å². The Labute approximate surface area is 331 Å². The molecule has 0 aliphatic heterocycles. The number of aliphatic hydroxyl groups is 2. The van der Waals surface area contributed by atoms with E-state index >= 15 is 0 Å². The summed E-state index contributed by atoms with van der Waals surface area (Å²) in [6.07, 6.45) is 44.9. The third kappa shape index (κ3) is 37.3. The van der Waals surface area contributed by atoms with Gasteiger partial charge in [0.05, 0.1) is 37.9 Å². The molecule has 316 valence electrons. The second kappa shape index (κ2) is 39.6. The molecule has 1 amide bonds. The average molecular weight is 783 g/mol. The number of hydrogen-bond acceptors (Lipinski definition) is 7. The van der Waals surface area contributed by atoms with Gasteiger partial charge in [-0.25, -0.2) is 4.57 Å². The van der Waals surface area contributed by atoms with Crippen molar-refractivity contribution >= 4 is 13.7 Å². The molecule has 4 unspecified atom stereocenters. The average Bonchev–Trinajstić information content (AvgIpc) is 3.15. The fourth-order valence-electron chi connectivity index (χ4n) is 6.08. The molecular weight excluding hydrogens is 699 g/mol. The van der Waals surface area contributed by atoms with Crippen molar-refractivity contribution in [3.63, 3.8) is 0 Å². The molecule has 0 aliphatic rings. The van der Waals surface area contributed by atoms with Crippen LogP contribution in [0.4, 0.5) is 0 Å². The summed E-state index contributed by atoms with van der Waals surface area (Å²) in [6, 6.07) is -1.01. The molecular formula is C44H83N2O7P. The summed E-state index contributed by atoms with van der Waals surface area (Å²) < 4.78 is 22.0. The molecule has 54 heavy (non-hydrogen) atoms. The van der Waals surface area contributed by atoms with Gasteiger partial charge >= 0.3 is 7.82 Å². The minimum Gasteiger partial charge on any atom is -0.393 e. The number of amides is 1.